The van der Waals surface area contributed by atoms with E-state index in [4.69, 9.17) is 32.7 Å². The maximum atomic E-state index is 6.30. The van der Waals surface area contributed by atoms with E-state index in [2.05, 4.69) is 55.7 Å². The van der Waals surface area contributed by atoms with Crippen LogP contribution in [0.1, 0.15) is 35.4 Å². The quantitative estimate of drug-likeness (QED) is 0.235. The van der Waals surface area contributed by atoms with Crippen molar-refractivity contribution < 1.29 is 9.47 Å². The first-order chi connectivity index (χ1) is 18.6. The number of nitrogens with one attached hydrogen (secondary N) is 2. The fourth-order valence-corrected chi connectivity index (χ4v) is 5.17. The molecule has 0 spiro atoms. The molecule has 198 valence electrons. The average Bonchev–Trinajstić information content (AvgIpc) is 3.33. The molecule has 2 N–H and O–H groups in total. The lowest BCUT2D eigenvalue weighted by molar-refractivity contribution is 0.0384. The summed E-state index contributed by atoms with van der Waals surface area (Å²) in [7, 11) is 0. The van der Waals surface area contributed by atoms with Gasteiger partial charge in [0.05, 0.1) is 34.5 Å². The molecule has 1 atom stereocenters. The molecule has 2 aromatic carbocycles. The van der Waals surface area contributed by atoms with Gasteiger partial charge in [-0.1, -0.05) is 53.5 Å². The SMILES string of the molecule is CC(Oc1ccc2[nH]nc(/C=C/c3ccc(CNCCN4CCOCC4)cc3)c2c1)c1c(Cl)cncc1Cl. The number of aromatic amines is 1. The first kappa shape index (κ1) is 26.7. The summed E-state index contributed by atoms with van der Waals surface area (Å²) in [6, 6.07) is 14.4. The van der Waals surface area contributed by atoms with E-state index >= 15 is 0 Å². The zero-order valence-electron chi connectivity index (χ0n) is 21.3. The molecule has 2 aromatic heterocycles. The summed E-state index contributed by atoms with van der Waals surface area (Å²) < 4.78 is 11.6. The maximum Gasteiger partial charge on any atom is 0.124 e. The molecular weight excluding hydrogens is 521 g/mol. The van der Waals surface area contributed by atoms with Crippen molar-refractivity contribution in [2.45, 2.75) is 19.6 Å². The van der Waals surface area contributed by atoms with Crippen LogP contribution in [0.2, 0.25) is 10.0 Å². The molecule has 3 heterocycles. The van der Waals surface area contributed by atoms with Crippen LogP contribution in [-0.2, 0) is 11.3 Å². The van der Waals surface area contributed by atoms with Gasteiger partial charge in [-0.15, -0.1) is 0 Å². The van der Waals surface area contributed by atoms with Gasteiger partial charge >= 0.3 is 0 Å². The van der Waals surface area contributed by atoms with E-state index in [0.29, 0.717) is 21.4 Å². The predicted octanol–water partition coefficient (Wildman–Crippen LogP) is 6.00. The molecule has 38 heavy (non-hydrogen) atoms. The lowest BCUT2D eigenvalue weighted by atomic mass is 10.1. The molecule has 0 bridgehead atoms. The van der Waals surface area contributed by atoms with E-state index in [1.54, 1.807) is 12.4 Å². The van der Waals surface area contributed by atoms with Gasteiger partial charge in [-0.3, -0.25) is 15.0 Å². The van der Waals surface area contributed by atoms with Gasteiger partial charge in [-0.2, -0.15) is 5.10 Å². The molecule has 4 aromatic rings. The molecule has 0 aliphatic carbocycles. The fraction of sp³-hybridized carbons (Fsp3) is 0.310. The summed E-state index contributed by atoms with van der Waals surface area (Å²) in [4.78, 5) is 6.45. The van der Waals surface area contributed by atoms with Gasteiger partial charge in [0.1, 0.15) is 11.9 Å². The Morgan fingerprint density at radius 3 is 2.61 bits per heavy atom. The van der Waals surface area contributed by atoms with E-state index in [-0.39, 0.29) is 6.10 Å². The maximum absolute atomic E-state index is 6.30. The number of benzene rings is 2. The van der Waals surface area contributed by atoms with Gasteiger partial charge in [0.2, 0.25) is 0 Å². The topological polar surface area (TPSA) is 75.3 Å². The Morgan fingerprint density at radius 1 is 1.08 bits per heavy atom. The van der Waals surface area contributed by atoms with Crippen LogP contribution in [0.4, 0.5) is 0 Å². The summed E-state index contributed by atoms with van der Waals surface area (Å²) >= 11 is 12.6. The van der Waals surface area contributed by atoms with Crippen molar-refractivity contribution in [2.75, 3.05) is 39.4 Å². The number of hydrogen-bond donors (Lipinski definition) is 2. The fourth-order valence-electron chi connectivity index (χ4n) is 4.50. The number of pyridine rings is 1. The number of aromatic nitrogens is 3. The Balaban J connectivity index is 1.19. The molecule has 1 aliphatic rings. The highest BCUT2D eigenvalue weighted by molar-refractivity contribution is 6.35. The molecule has 1 fully saturated rings. The van der Waals surface area contributed by atoms with Gasteiger partial charge in [-0.25, -0.2) is 0 Å². The van der Waals surface area contributed by atoms with Crippen molar-refractivity contribution in [2.24, 2.45) is 0 Å². The Morgan fingerprint density at radius 2 is 1.84 bits per heavy atom. The largest absolute Gasteiger partial charge is 0.486 e. The van der Waals surface area contributed by atoms with E-state index in [9.17, 15) is 0 Å². The summed E-state index contributed by atoms with van der Waals surface area (Å²) in [5, 5.41) is 13.0. The summed E-state index contributed by atoms with van der Waals surface area (Å²) in [5.74, 6) is 0.704. The molecule has 5 rings (SSSR count). The lowest BCUT2D eigenvalue weighted by Gasteiger charge is -2.26. The Bertz CT molecular complexity index is 1360. The van der Waals surface area contributed by atoms with Gasteiger partial charge < -0.3 is 14.8 Å². The minimum atomic E-state index is -0.339. The molecule has 9 heteroatoms. The van der Waals surface area contributed by atoms with E-state index < -0.39 is 0 Å². The predicted molar refractivity (Wildman–Crippen MR) is 154 cm³/mol. The van der Waals surface area contributed by atoms with Crippen LogP contribution in [0.25, 0.3) is 23.1 Å². The van der Waals surface area contributed by atoms with Crippen molar-refractivity contribution in [3.05, 3.63) is 87.3 Å². The van der Waals surface area contributed by atoms with Crippen LogP contribution in [0.15, 0.2) is 54.9 Å². The second-order valence-corrected chi connectivity index (χ2v) is 10.1. The highest BCUT2D eigenvalue weighted by Gasteiger charge is 2.16. The average molecular weight is 553 g/mol. The highest BCUT2D eigenvalue weighted by atomic mass is 35.5. The summed E-state index contributed by atoms with van der Waals surface area (Å²) in [6.07, 6.45) is 6.88. The molecule has 1 saturated heterocycles. The van der Waals surface area contributed by atoms with Gasteiger partial charge in [0, 0.05) is 56.1 Å². The Labute approximate surface area is 232 Å². The monoisotopic (exact) mass is 551 g/mol. The minimum Gasteiger partial charge on any atom is -0.486 e. The van der Waals surface area contributed by atoms with Crippen molar-refractivity contribution in [1.82, 2.24) is 25.4 Å². The van der Waals surface area contributed by atoms with Crippen molar-refractivity contribution in [3.63, 3.8) is 0 Å². The first-order valence-electron chi connectivity index (χ1n) is 12.8. The third kappa shape index (κ3) is 6.73. The standard InChI is InChI=1S/C29H31Cl2N5O2/c1-20(29-25(30)18-33-19-26(29)31)38-23-7-9-28-24(16-23)27(34-35-28)8-6-21-2-4-22(5-3-21)17-32-10-11-36-12-14-37-15-13-36/h2-9,16,18-20,32H,10-15,17H2,1H3,(H,34,35)/b8-6+. The zero-order valence-corrected chi connectivity index (χ0v) is 22.8. The van der Waals surface area contributed by atoms with Crippen molar-refractivity contribution >= 4 is 46.3 Å². The van der Waals surface area contributed by atoms with E-state index in [1.807, 2.05) is 31.2 Å². The smallest absolute Gasteiger partial charge is 0.124 e. The highest BCUT2D eigenvalue weighted by Crippen LogP contribution is 2.33. The second-order valence-electron chi connectivity index (χ2n) is 9.30. The van der Waals surface area contributed by atoms with Crippen molar-refractivity contribution in [1.29, 1.82) is 0 Å². The number of halogens is 2. The minimum absolute atomic E-state index is 0.339. The van der Waals surface area contributed by atoms with Crippen LogP contribution in [0.5, 0.6) is 5.75 Å². The molecule has 1 aliphatic heterocycles. The molecule has 0 radical (unpaired) electrons. The number of fused-ring (bicyclic) bond motifs is 1. The third-order valence-corrected chi connectivity index (χ3v) is 7.23. The number of morpholine rings is 1. The zero-order chi connectivity index (χ0) is 26.3. The van der Waals surface area contributed by atoms with Crippen LogP contribution in [-0.4, -0.2) is 59.5 Å². The first-order valence-corrected chi connectivity index (χ1v) is 13.5. The molecule has 0 amide bonds. The number of H-pyrrole nitrogens is 1. The lowest BCUT2D eigenvalue weighted by Crippen LogP contribution is -2.40. The molecular formula is C29H31Cl2N5O2. The van der Waals surface area contributed by atoms with Crippen molar-refractivity contribution in [3.8, 4) is 5.75 Å². The molecule has 1 unspecified atom stereocenters. The van der Waals surface area contributed by atoms with E-state index in [0.717, 1.165) is 68.1 Å². The number of nitrogens with zero attached hydrogens (tertiary/aromatic N) is 3. The van der Waals surface area contributed by atoms with Gasteiger partial charge in [0.25, 0.3) is 0 Å². The molecule has 7 nitrogen and oxygen atoms in total. The second kappa shape index (κ2) is 12.7. The van der Waals surface area contributed by atoms with Crippen LogP contribution < -0.4 is 10.1 Å². The van der Waals surface area contributed by atoms with Crippen LogP contribution in [0, 0.1) is 0 Å². The molecule has 0 saturated carbocycles. The third-order valence-electron chi connectivity index (χ3n) is 6.62. The number of rotatable bonds is 10. The Kier molecular flexibility index (Phi) is 8.94. The number of ether oxygens (including phenoxy) is 2. The van der Waals surface area contributed by atoms with Gasteiger partial charge in [0.15, 0.2) is 0 Å². The van der Waals surface area contributed by atoms with Crippen LogP contribution >= 0.6 is 23.2 Å². The summed E-state index contributed by atoms with van der Waals surface area (Å²) in [6.45, 7) is 8.53. The summed E-state index contributed by atoms with van der Waals surface area (Å²) in [5.41, 5.74) is 4.86. The van der Waals surface area contributed by atoms with Gasteiger partial charge in [-0.05, 0) is 42.3 Å². The Hall–Kier alpha value is -2.94. The normalized spacial score (nSPS) is 15.3. The number of hydrogen-bond acceptors (Lipinski definition) is 6. The van der Waals surface area contributed by atoms with E-state index in [1.165, 1.54) is 5.56 Å². The van der Waals surface area contributed by atoms with Crippen LogP contribution in [0.3, 0.4) is 0 Å².